The molecule has 0 aliphatic carbocycles. The lowest BCUT2D eigenvalue weighted by molar-refractivity contribution is -0.137. The van der Waals surface area contributed by atoms with E-state index in [9.17, 15) is 4.79 Å². The molecule has 0 saturated carbocycles. The molecule has 1 aromatic carbocycles. The Hall–Kier alpha value is -2.70. The lowest BCUT2D eigenvalue weighted by Gasteiger charge is -1.94. The van der Waals surface area contributed by atoms with E-state index in [2.05, 4.69) is 20.4 Å². The predicted octanol–water partition coefficient (Wildman–Crippen LogP) is 1.16. The largest absolute Gasteiger partial charge is 0.481 e. The highest BCUT2D eigenvalue weighted by molar-refractivity contribution is 5.87. The number of aromatic nitrogens is 5. The van der Waals surface area contributed by atoms with Crippen molar-refractivity contribution in [2.24, 2.45) is 0 Å². The quantitative estimate of drug-likeness (QED) is 0.731. The van der Waals surface area contributed by atoms with Crippen LogP contribution in [0.15, 0.2) is 30.5 Å². The number of fused-ring (bicyclic) bond motifs is 1. The number of nitrogens with zero attached hydrogens (tertiary/aromatic N) is 4. The van der Waals surface area contributed by atoms with Gasteiger partial charge in [0.2, 0.25) is 0 Å². The average molecular weight is 257 g/mol. The summed E-state index contributed by atoms with van der Waals surface area (Å²) >= 11 is 0. The summed E-state index contributed by atoms with van der Waals surface area (Å²) in [5, 5.41) is 21.6. The predicted molar refractivity (Wildman–Crippen MR) is 67.0 cm³/mol. The minimum Gasteiger partial charge on any atom is -0.481 e. The maximum absolute atomic E-state index is 10.5. The van der Waals surface area contributed by atoms with Crippen molar-refractivity contribution in [2.45, 2.75) is 12.8 Å². The summed E-state index contributed by atoms with van der Waals surface area (Å²) in [7, 11) is 0. The third kappa shape index (κ3) is 2.17. The number of H-pyrrole nitrogens is 1. The topological polar surface area (TPSA) is 96.7 Å². The monoisotopic (exact) mass is 257 g/mol. The fourth-order valence-electron chi connectivity index (χ4n) is 1.89. The molecule has 0 saturated heterocycles. The molecule has 2 heterocycles. The molecule has 0 spiro atoms. The number of nitrogens with one attached hydrogen (secondary N) is 1. The molecule has 0 radical (unpaired) electrons. The van der Waals surface area contributed by atoms with Gasteiger partial charge < -0.3 is 10.1 Å². The molecule has 7 nitrogen and oxygen atoms in total. The molecule has 7 heteroatoms. The average Bonchev–Trinajstić information content (AvgIpc) is 3.02. The number of benzene rings is 1. The maximum Gasteiger partial charge on any atom is 0.303 e. The fraction of sp³-hybridized carbons (Fsp3) is 0.167. The van der Waals surface area contributed by atoms with Crippen LogP contribution in [0.25, 0.3) is 16.6 Å². The second kappa shape index (κ2) is 4.52. The third-order valence-electron chi connectivity index (χ3n) is 2.80. The minimum absolute atomic E-state index is 0.000419. The van der Waals surface area contributed by atoms with Gasteiger partial charge in [0.05, 0.1) is 6.42 Å². The van der Waals surface area contributed by atoms with Crippen molar-refractivity contribution in [3.05, 3.63) is 36.3 Å². The molecule has 3 aromatic rings. The van der Waals surface area contributed by atoms with Crippen LogP contribution in [0.3, 0.4) is 0 Å². The zero-order chi connectivity index (χ0) is 13.2. The first-order valence-electron chi connectivity index (χ1n) is 5.81. The molecule has 19 heavy (non-hydrogen) atoms. The summed E-state index contributed by atoms with van der Waals surface area (Å²) in [5.41, 5.74) is 1.78. The van der Waals surface area contributed by atoms with Gasteiger partial charge in [0.25, 0.3) is 0 Å². The first kappa shape index (κ1) is 11.4. The molecule has 0 atom stereocenters. The maximum atomic E-state index is 10.5. The second-order valence-corrected chi connectivity index (χ2v) is 4.11. The number of para-hydroxylation sites is 1. The normalized spacial score (nSPS) is 10.9. The Balaban J connectivity index is 1.92. The Bertz CT molecular complexity index is 730. The summed E-state index contributed by atoms with van der Waals surface area (Å²) in [6, 6.07) is 7.79. The van der Waals surface area contributed by atoms with Crippen LogP contribution in [0.1, 0.15) is 12.2 Å². The van der Waals surface area contributed by atoms with Gasteiger partial charge >= 0.3 is 5.97 Å². The van der Waals surface area contributed by atoms with Crippen LogP contribution in [0.4, 0.5) is 0 Å². The number of rotatable bonds is 4. The molecule has 0 fully saturated rings. The van der Waals surface area contributed by atoms with Gasteiger partial charge in [0.1, 0.15) is 5.69 Å². The molecule has 0 aliphatic heterocycles. The standard InChI is InChI=1S/C12H11N5O2/c18-12(19)6-5-11-14-16-17(15-11)10-7-13-9-4-2-1-3-8(9)10/h1-4,7,13H,5-6H2,(H,18,19). The molecule has 2 aromatic heterocycles. The van der Waals surface area contributed by atoms with Crippen LogP contribution in [-0.2, 0) is 11.2 Å². The van der Waals surface area contributed by atoms with Crippen LogP contribution in [0.5, 0.6) is 0 Å². The van der Waals surface area contributed by atoms with Gasteiger partial charge in [-0.25, -0.2) is 0 Å². The molecule has 0 amide bonds. The summed E-state index contributed by atoms with van der Waals surface area (Å²) in [5.74, 6) is -0.448. The fourth-order valence-corrected chi connectivity index (χ4v) is 1.89. The molecular weight excluding hydrogens is 246 g/mol. The van der Waals surface area contributed by atoms with Crippen molar-refractivity contribution >= 4 is 16.9 Å². The van der Waals surface area contributed by atoms with E-state index >= 15 is 0 Å². The van der Waals surface area contributed by atoms with E-state index in [1.165, 1.54) is 4.80 Å². The van der Waals surface area contributed by atoms with Crippen LogP contribution < -0.4 is 0 Å². The number of carboxylic acid groups (broad SMARTS) is 1. The van der Waals surface area contributed by atoms with Crippen molar-refractivity contribution in [1.82, 2.24) is 25.2 Å². The van der Waals surface area contributed by atoms with Gasteiger partial charge in [-0.1, -0.05) is 18.2 Å². The van der Waals surface area contributed by atoms with Crippen molar-refractivity contribution in [2.75, 3.05) is 0 Å². The van der Waals surface area contributed by atoms with Gasteiger partial charge in [-0.05, 0) is 11.3 Å². The van der Waals surface area contributed by atoms with E-state index in [0.29, 0.717) is 5.82 Å². The Morgan fingerprint density at radius 3 is 3.05 bits per heavy atom. The Morgan fingerprint density at radius 1 is 1.37 bits per heavy atom. The van der Waals surface area contributed by atoms with E-state index in [1.54, 1.807) is 6.20 Å². The van der Waals surface area contributed by atoms with E-state index in [1.807, 2.05) is 24.3 Å². The zero-order valence-corrected chi connectivity index (χ0v) is 9.95. The highest BCUT2D eigenvalue weighted by Crippen LogP contribution is 2.19. The first-order chi connectivity index (χ1) is 9.24. The first-order valence-corrected chi connectivity index (χ1v) is 5.81. The lowest BCUT2D eigenvalue weighted by atomic mass is 10.2. The van der Waals surface area contributed by atoms with E-state index in [4.69, 9.17) is 5.11 Å². The number of aromatic amines is 1. The van der Waals surface area contributed by atoms with Crippen LogP contribution in [-0.4, -0.2) is 36.3 Å². The molecule has 3 rings (SSSR count). The lowest BCUT2D eigenvalue weighted by Crippen LogP contribution is -2.00. The number of hydrogen-bond donors (Lipinski definition) is 2. The van der Waals surface area contributed by atoms with Crippen LogP contribution in [0.2, 0.25) is 0 Å². The Labute approximate surface area is 107 Å². The van der Waals surface area contributed by atoms with E-state index in [-0.39, 0.29) is 12.8 Å². The number of tetrazole rings is 1. The summed E-state index contributed by atoms with van der Waals surface area (Å²) in [4.78, 5) is 15.0. The summed E-state index contributed by atoms with van der Waals surface area (Å²) < 4.78 is 0. The highest BCUT2D eigenvalue weighted by atomic mass is 16.4. The SMILES string of the molecule is O=C(O)CCc1nnn(-c2c[nH]c3ccccc23)n1. The van der Waals surface area contributed by atoms with Gasteiger partial charge in [0.15, 0.2) is 5.82 Å². The minimum atomic E-state index is -0.872. The number of carboxylic acids is 1. The van der Waals surface area contributed by atoms with Crippen LogP contribution in [0, 0.1) is 0 Å². The highest BCUT2D eigenvalue weighted by Gasteiger charge is 2.10. The Morgan fingerprint density at radius 2 is 2.21 bits per heavy atom. The smallest absolute Gasteiger partial charge is 0.303 e. The van der Waals surface area contributed by atoms with Gasteiger partial charge in [0, 0.05) is 23.5 Å². The van der Waals surface area contributed by atoms with E-state index < -0.39 is 5.97 Å². The van der Waals surface area contributed by atoms with Gasteiger partial charge in [-0.15, -0.1) is 15.0 Å². The van der Waals surface area contributed by atoms with Crippen LogP contribution >= 0.6 is 0 Å². The van der Waals surface area contributed by atoms with Gasteiger partial charge in [-0.3, -0.25) is 4.79 Å². The summed E-state index contributed by atoms with van der Waals surface area (Å²) in [6.45, 7) is 0. The number of carbonyl (C=O) groups is 1. The van der Waals surface area contributed by atoms with Crippen molar-refractivity contribution in [3.63, 3.8) is 0 Å². The molecule has 0 unspecified atom stereocenters. The summed E-state index contributed by atoms with van der Waals surface area (Å²) in [6.07, 6.45) is 2.07. The number of hydrogen-bond acceptors (Lipinski definition) is 4. The molecule has 96 valence electrons. The molecule has 2 N–H and O–H groups in total. The van der Waals surface area contributed by atoms with Crippen molar-refractivity contribution < 1.29 is 9.90 Å². The van der Waals surface area contributed by atoms with Gasteiger partial charge in [-0.2, -0.15) is 0 Å². The zero-order valence-electron chi connectivity index (χ0n) is 9.95. The van der Waals surface area contributed by atoms with Crippen molar-refractivity contribution in [3.8, 4) is 5.69 Å². The third-order valence-corrected chi connectivity index (χ3v) is 2.80. The molecule has 0 aliphatic rings. The number of aryl methyl sites for hydroxylation is 1. The van der Waals surface area contributed by atoms with Crippen molar-refractivity contribution in [1.29, 1.82) is 0 Å². The number of aliphatic carboxylic acids is 1. The molecular formula is C12H11N5O2. The van der Waals surface area contributed by atoms with E-state index in [0.717, 1.165) is 16.6 Å². The molecule has 0 bridgehead atoms. The Kier molecular flexibility index (Phi) is 2.71. The second-order valence-electron chi connectivity index (χ2n) is 4.11.